The molecule has 3 nitrogen and oxygen atoms in total. The zero-order chi connectivity index (χ0) is 11.3. The van der Waals surface area contributed by atoms with Crippen molar-refractivity contribution in [2.24, 2.45) is 5.73 Å². The predicted octanol–water partition coefficient (Wildman–Crippen LogP) is 1.38. The number of phenolic OH excluding ortho intramolecular Hbond substituents is 1. The molecule has 0 spiro atoms. The van der Waals surface area contributed by atoms with Crippen LogP contribution in [0.1, 0.15) is 18.9 Å². The van der Waals surface area contributed by atoms with Crippen LogP contribution in [0.3, 0.4) is 0 Å². The highest BCUT2D eigenvalue weighted by molar-refractivity contribution is 7.84. The molecule has 0 bridgehead atoms. The first-order valence-electron chi connectivity index (χ1n) is 4.98. The normalized spacial score (nSPS) is 14.8. The number of nitrogens with two attached hydrogens (primary N) is 1. The van der Waals surface area contributed by atoms with Crippen molar-refractivity contribution in [3.05, 3.63) is 29.8 Å². The number of aromatic hydroxyl groups is 1. The van der Waals surface area contributed by atoms with Gasteiger partial charge in [0.1, 0.15) is 5.75 Å². The van der Waals surface area contributed by atoms with Crippen molar-refractivity contribution in [2.75, 3.05) is 6.54 Å². The molecule has 0 amide bonds. The summed E-state index contributed by atoms with van der Waals surface area (Å²) in [7, 11) is -0.884. The lowest BCUT2D eigenvalue weighted by atomic mass is 10.2. The van der Waals surface area contributed by atoms with Crippen LogP contribution in [0, 0.1) is 0 Å². The van der Waals surface area contributed by atoms with Gasteiger partial charge in [-0.15, -0.1) is 0 Å². The maximum atomic E-state index is 11.8. The van der Waals surface area contributed by atoms with Crippen molar-refractivity contribution < 1.29 is 9.32 Å². The SMILES string of the molecule is CC(CCN)S(=O)Cc1ccc(O)cc1. The van der Waals surface area contributed by atoms with Crippen LogP contribution < -0.4 is 5.73 Å². The van der Waals surface area contributed by atoms with Gasteiger partial charge in [0, 0.05) is 21.8 Å². The van der Waals surface area contributed by atoms with Crippen LogP contribution in [0.15, 0.2) is 24.3 Å². The van der Waals surface area contributed by atoms with Crippen LogP contribution in [0.5, 0.6) is 5.75 Å². The summed E-state index contributed by atoms with van der Waals surface area (Å²) in [6.07, 6.45) is 0.782. The number of rotatable bonds is 5. The van der Waals surface area contributed by atoms with E-state index >= 15 is 0 Å². The minimum atomic E-state index is -0.884. The zero-order valence-electron chi connectivity index (χ0n) is 8.85. The molecule has 0 aliphatic heterocycles. The summed E-state index contributed by atoms with van der Waals surface area (Å²) < 4.78 is 11.8. The Morgan fingerprint density at radius 2 is 2.00 bits per heavy atom. The number of phenols is 1. The second-order valence-electron chi connectivity index (χ2n) is 3.58. The molecule has 0 aliphatic carbocycles. The van der Waals surface area contributed by atoms with E-state index in [1.54, 1.807) is 24.3 Å². The van der Waals surface area contributed by atoms with Crippen molar-refractivity contribution in [3.8, 4) is 5.75 Å². The van der Waals surface area contributed by atoms with Crippen LogP contribution in [-0.2, 0) is 16.6 Å². The van der Waals surface area contributed by atoms with E-state index in [4.69, 9.17) is 10.8 Å². The van der Waals surface area contributed by atoms with Crippen molar-refractivity contribution >= 4 is 10.8 Å². The van der Waals surface area contributed by atoms with Crippen molar-refractivity contribution in [1.82, 2.24) is 0 Å². The van der Waals surface area contributed by atoms with Gasteiger partial charge in [-0.05, 0) is 30.7 Å². The molecule has 0 saturated heterocycles. The molecular weight excluding hydrogens is 210 g/mol. The summed E-state index contributed by atoms with van der Waals surface area (Å²) in [4.78, 5) is 0. The highest BCUT2D eigenvalue weighted by atomic mass is 32.2. The van der Waals surface area contributed by atoms with Gasteiger partial charge in [0.25, 0.3) is 0 Å². The first kappa shape index (κ1) is 12.2. The van der Waals surface area contributed by atoms with Crippen LogP contribution in [0.4, 0.5) is 0 Å². The Hall–Kier alpha value is -0.870. The van der Waals surface area contributed by atoms with Gasteiger partial charge in [-0.3, -0.25) is 4.21 Å². The average molecular weight is 227 g/mol. The van der Waals surface area contributed by atoms with E-state index in [-0.39, 0.29) is 11.0 Å². The third kappa shape index (κ3) is 4.01. The van der Waals surface area contributed by atoms with Crippen LogP contribution in [0.2, 0.25) is 0 Å². The highest BCUT2D eigenvalue weighted by Gasteiger charge is 2.10. The second-order valence-corrected chi connectivity index (χ2v) is 5.43. The molecule has 84 valence electrons. The maximum absolute atomic E-state index is 11.8. The quantitative estimate of drug-likeness (QED) is 0.798. The topological polar surface area (TPSA) is 63.3 Å². The van der Waals surface area contributed by atoms with Gasteiger partial charge in [0.05, 0.1) is 0 Å². The van der Waals surface area contributed by atoms with E-state index in [0.29, 0.717) is 12.3 Å². The summed E-state index contributed by atoms with van der Waals surface area (Å²) >= 11 is 0. The molecule has 4 heteroatoms. The summed E-state index contributed by atoms with van der Waals surface area (Å²) in [6, 6.07) is 6.81. The molecule has 0 fully saturated rings. The van der Waals surface area contributed by atoms with Crippen molar-refractivity contribution in [1.29, 1.82) is 0 Å². The van der Waals surface area contributed by atoms with Gasteiger partial charge >= 0.3 is 0 Å². The Labute approximate surface area is 92.8 Å². The predicted molar refractivity (Wildman–Crippen MR) is 63.1 cm³/mol. The van der Waals surface area contributed by atoms with Gasteiger partial charge in [-0.1, -0.05) is 19.1 Å². The third-order valence-electron chi connectivity index (χ3n) is 2.27. The summed E-state index contributed by atoms with van der Waals surface area (Å²) in [5.74, 6) is 0.765. The average Bonchev–Trinajstić information content (AvgIpc) is 2.22. The number of hydrogen-bond acceptors (Lipinski definition) is 3. The Kier molecular flexibility index (Phi) is 4.78. The molecule has 15 heavy (non-hydrogen) atoms. The van der Waals surface area contributed by atoms with Crippen LogP contribution in [-0.4, -0.2) is 21.1 Å². The van der Waals surface area contributed by atoms with E-state index in [1.165, 1.54) is 0 Å². The molecule has 0 aromatic heterocycles. The largest absolute Gasteiger partial charge is 0.508 e. The fraction of sp³-hybridized carbons (Fsp3) is 0.455. The van der Waals surface area contributed by atoms with E-state index in [1.807, 2.05) is 6.92 Å². The lowest BCUT2D eigenvalue weighted by molar-refractivity contribution is 0.475. The molecule has 0 aliphatic rings. The Bertz CT molecular complexity index is 324. The molecule has 0 radical (unpaired) electrons. The van der Waals surface area contributed by atoms with E-state index in [9.17, 15) is 4.21 Å². The monoisotopic (exact) mass is 227 g/mol. The second kappa shape index (κ2) is 5.88. The Morgan fingerprint density at radius 1 is 1.40 bits per heavy atom. The molecule has 1 aromatic rings. The molecule has 2 atom stereocenters. The summed E-state index contributed by atoms with van der Waals surface area (Å²) in [5, 5.41) is 9.22. The number of hydrogen-bond donors (Lipinski definition) is 2. The first-order valence-corrected chi connectivity index (χ1v) is 6.37. The Balaban J connectivity index is 2.54. The van der Waals surface area contributed by atoms with Crippen molar-refractivity contribution in [2.45, 2.75) is 24.3 Å². The summed E-state index contributed by atoms with van der Waals surface area (Å²) in [5.41, 5.74) is 6.39. The summed E-state index contributed by atoms with van der Waals surface area (Å²) in [6.45, 7) is 2.52. The Morgan fingerprint density at radius 3 is 2.53 bits per heavy atom. The van der Waals surface area contributed by atoms with Gasteiger partial charge in [-0.25, -0.2) is 0 Å². The van der Waals surface area contributed by atoms with Gasteiger partial charge in [0.15, 0.2) is 0 Å². The third-order valence-corrected chi connectivity index (χ3v) is 4.02. The van der Waals surface area contributed by atoms with Crippen LogP contribution >= 0.6 is 0 Å². The van der Waals surface area contributed by atoms with E-state index < -0.39 is 10.8 Å². The zero-order valence-corrected chi connectivity index (χ0v) is 9.67. The molecular formula is C11H17NO2S. The molecule has 2 unspecified atom stereocenters. The standard InChI is InChI=1S/C11H17NO2S/c1-9(6-7-12)15(14)8-10-2-4-11(13)5-3-10/h2-5,9,13H,6-8,12H2,1H3. The van der Waals surface area contributed by atoms with Gasteiger partial charge in [0.2, 0.25) is 0 Å². The van der Waals surface area contributed by atoms with E-state index in [0.717, 1.165) is 12.0 Å². The molecule has 1 rings (SSSR count). The first-order chi connectivity index (χ1) is 7.13. The fourth-order valence-corrected chi connectivity index (χ4v) is 2.47. The van der Waals surface area contributed by atoms with E-state index in [2.05, 4.69) is 0 Å². The molecule has 3 N–H and O–H groups in total. The van der Waals surface area contributed by atoms with Crippen molar-refractivity contribution in [3.63, 3.8) is 0 Å². The molecule has 1 aromatic carbocycles. The fourth-order valence-electron chi connectivity index (χ4n) is 1.26. The minimum absolute atomic E-state index is 0.129. The lowest BCUT2D eigenvalue weighted by Gasteiger charge is -2.09. The van der Waals surface area contributed by atoms with Gasteiger partial charge in [-0.2, -0.15) is 0 Å². The lowest BCUT2D eigenvalue weighted by Crippen LogP contribution is -2.17. The minimum Gasteiger partial charge on any atom is -0.508 e. The highest BCUT2D eigenvalue weighted by Crippen LogP contribution is 2.13. The molecule has 0 saturated carbocycles. The smallest absolute Gasteiger partial charge is 0.115 e. The maximum Gasteiger partial charge on any atom is 0.115 e. The van der Waals surface area contributed by atoms with Gasteiger partial charge < -0.3 is 10.8 Å². The molecule has 0 heterocycles. The number of benzene rings is 1. The van der Waals surface area contributed by atoms with Crippen LogP contribution in [0.25, 0.3) is 0 Å².